The van der Waals surface area contributed by atoms with E-state index in [4.69, 9.17) is 9.47 Å². The third-order valence-electron chi connectivity index (χ3n) is 6.60. The average Bonchev–Trinajstić information content (AvgIpc) is 2.78. The van der Waals surface area contributed by atoms with Crippen LogP contribution in [0.4, 0.5) is 14.9 Å². The highest BCUT2D eigenvalue weighted by Gasteiger charge is 2.40. The second kappa shape index (κ2) is 10.8. The summed E-state index contributed by atoms with van der Waals surface area (Å²) < 4.78 is 25.1. The molecule has 1 aromatic rings. The zero-order valence-electron chi connectivity index (χ0n) is 19.0. The standard InChI is InChI=1S/C23H33FN4O5/c1-26-8-10-27(11-9-26)22(30)12-19-6-7-20-21(33-19)15-32-14-18(29)13-28(20)23(31)25-17-4-2-16(24)3-5-17/h2-5,18-21,29H,6-15H2,1H3,(H,25,31)/t18-,19+,20-,21+/m0/s1. The summed E-state index contributed by atoms with van der Waals surface area (Å²) in [6, 6.07) is 4.86. The van der Waals surface area contributed by atoms with E-state index in [-0.39, 0.29) is 49.7 Å². The van der Waals surface area contributed by atoms with Crippen molar-refractivity contribution in [1.29, 1.82) is 0 Å². The Hall–Kier alpha value is -2.27. The fourth-order valence-electron chi connectivity index (χ4n) is 4.68. The predicted octanol–water partition coefficient (Wildman–Crippen LogP) is 1.13. The van der Waals surface area contributed by atoms with Gasteiger partial charge in [0, 0.05) is 31.9 Å². The summed E-state index contributed by atoms with van der Waals surface area (Å²) in [7, 11) is 2.05. The van der Waals surface area contributed by atoms with E-state index in [1.54, 1.807) is 4.90 Å². The molecule has 0 aliphatic carbocycles. The van der Waals surface area contributed by atoms with Gasteiger partial charge in [0.1, 0.15) is 11.9 Å². The third-order valence-corrected chi connectivity index (χ3v) is 6.60. The number of anilines is 1. The Morgan fingerprint density at radius 2 is 1.85 bits per heavy atom. The van der Waals surface area contributed by atoms with Gasteiger partial charge in [0.15, 0.2) is 0 Å². The van der Waals surface area contributed by atoms with Crippen LogP contribution >= 0.6 is 0 Å². The number of ether oxygens (including phenoxy) is 2. The van der Waals surface area contributed by atoms with Gasteiger partial charge in [0.2, 0.25) is 5.91 Å². The number of halogens is 1. The van der Waals surface area contributed by atoms with Crippen molar-refractivity contribution in [3.63, 3.8) is 0 Å². The van der Waals surface area contributed by atoms with Crippen molar-refractivity contribution in [3.05, 3.63) is 30.1 Å². The number of urea groups is 1. The first-order valence-corrected chi connectivity index (χ1v) is 11.6. The van der Waals surface area contributed by atoms with Crippen molar-refractivity contribution < 1.29 is 28.6 Å². The molecule has 10 heteroatoms. The van der Waals surface area contributed by atoms with Crippen LogP contribution in [0.1, 0.15) is 19.3 Å². The Kier molecular flexibility index (Phi) is 7.79. The number of rotatable bonds is 3. The van der Waals surface area contributed by atoms with Gasteiger partial charge < -0.3 is 34.6 Å². The number of nitrogens with one attached hydrogen (secondary N) is 1. The number of carbonyl (C=O) groups is 2. The normalized spacial score (nSPS) is 29.1. The van der Waals surface area contributed by atoms with Gasteiger partial charge in [-0.25, -0.2) is 9.18 Å². The number of amides is 3. The van der Waals surface area contributed by atoms with Crippen molar-refractivity contribution in [1.82, 2.24) is 14.7 Å². The van der Waals surface area contributed by atoms with Crippen molar-refractivity contribution >= 4 is 17.6 Å². The molecule has 9 nitrogen and oxygen atoms in total. The van der Waals surface area contributed by atoms with Crippen LogP contribution in [0.3, 0.4) is 0 Å². The monoisotopic (exact) mass is 464 g/mol. The van der Waals surface area contributed by atoms with Crippen LogP contribution in [-0.4, -0.2) is 109 Å². The number of hydrogen-bond acceptors (Lipinski definition) is 6. The second-order valence-electron chi connectivity index (χ2n) is 9.11. The molecule has 0 unspecified atom stereocenters. The molecule has 2 N–H and O–H groups in total. The fraction of sp³-hybridized carbons (Fsp3) is 0.652. The minimum atomic E-state index is -0.818. The zero-order valence-corrected chi connectivity index (χ0v) is 19.0. The topological polar surface area (TPSA) is 94.6 Å². The minimum absolute atomic E-state index is 0.0950. The second-order valence-corrected chi connectivity index (χ2v) is 9.11. The van der Waals surface area contributed by atoms with Gasteiger partial charge in [0.25, 0.3) is 0 Å². The maximum absolute atomic E-state index is 13.2. The Morgan fingerprint density at radius 1 is 1.12 bits per heavy atom. The lowest BCUT2D eigenvalue weighted by molar-refractivity contribution is -0.155. The maximum Gasteiger partial charge on any atom is 0.322 e. The van der Waals surface area contributed by atoms with Gasteiger partial charge >= 0.3 is 6.03 Å². The molecule has 3 saturated heterocycles. The number of hydrogen-bond donors (Lipinski definition) is 2. The van der Waals surface area contributed by atoms with Gasteiger partial charge in [-0.15, -0.1) is 0 Å². The molecule has 3 aliphatic rings. The largest absolute Gasteiger partial charge is 0.389 e. The van der Waals surface area contributed by atoms with Crippen molar-refractivity contribution in [2.75, 3.05) is 58.3 Å². The lowest BCUT2D eigenvalue weighted by Gasteiger charge is -2.44. The maximum atomic E-state index is 13.2. The molecule has 0 aromatic heterocycles. The number of likely N-dealkylation sites (N-methyl/N-ethyl adjacent to an activating group) is 1. The molecule has 182 valence electrons. The lowest BCUT2D eigenvalue weighted by Crippen LogP contribution is -2.58. The number of benzene rings is 1. The van der Waals surface area contributed by atoms with Gasteiger partial charge in [-0.3, -0.25) is 4.79 Å². The van der Waals surface area contributed by atoms with Gasteiger partial charge in [-0.2, -0.15) is 0 Å². The number of aliphatic hydroxyl groups is 1. The SMILES string of the molecule is CN1CCN(C(=O)C[C@H]2CC[C@H]3[C@@H](COC[C@@H](O)CN3C(=O)Nc3ccc(F)cc3)O2)CC1. The molecule has 3 heterocycles. The molecule has 0 radical (unpaired) electrons. The molecule has 0 saturated carbocycles. The predicted molar refractivity (Wildman–Crippen MR) is 119 cm³/mol. The Bertz CT molecular complexity index is 818. The third kappa shape index (κ3) is 6.20. The van der Waals surface area contributed by atoms with E-state index in [9.17, 15) is 19.1 Å². The van der Waals surface area contributed by atoms with Crippen LogP contribution in [0.5, 0.6) is 0 Å². The highest BCUT2D eigenvalue weighted by molar-refractivity contribution is 5.89. The highest BCUT2D eigenvalue weighted by Crippen LogP contribution is 2.28. The van der Waals surface area contributed by atoms with Gasteiger partial charge in [-0.05, 0) is 44.2 Å². The molecule has 0 spiro atoms. The molecule has 4 rings (SSSR count). The Morgan fingerprint density at radius 3 is 2.58 bits per heavy atom. The molecule has 33 heavy (non-hydrogen) atoms. The first-order chi connectivity index (χ1) is 15.9. The van der Waals surface area contributed by atoms with Crippen LogP contribution in [0.15, 0.2) is 24.3 Å². The zero-order chi connectivity index (χ0) is 23.4. The molecule has 3 amide bonds. The van der Waals surface area contributed by atoms with Crippen molar-refractivity contribution in [2.45, 2.75) is 43.6 Å². The lowest BCUT2D eigenvalue weighted by atomic mass is 9.94. The first-order valence-electron chi connectivity index (χ1n) is 11.6. The number of nitrogens with zero attached hydrogens (tertiary/aromatic N) is 3. The summed E-state index contributed by atoms with van der Waals surface area (Å²) >= 11 is 0. The number of piperazine rings is 1. The van der Waals surface area contributed by atoms with E-state index in [0.29, 0.717) is 24.9 Å². The summed E-state index contributed by atoms with van der Waals surface area (Å²) in [5.74, 6) is -0.288. The van der Waals surface area contributed by atoms with E-state index in [1.165, 1.54) is 24.3 Å². The van der Waals surface area contributed by atoms with Crippen molar-refractivity contribution in [3.8, 4) is 0 Å². The molecule has 3 fully saturated rings. The summed E-state index contributed by atoms with van der Waals surface area (Å²) in [6.07, 6.45) is 0.150. The number of fused-ring (bicyclic) bond motifs is 1. The van der Waals surface area contributed by atoms with Crippen LogP contribution < -0.4 is 5.32 Å². The number of aliphatic hydroxyl groups excluding tert-OH is 1. The van der Waals surface area contributed by atoms with Gasteiger partial charge in [-0.1, -0.05) is 0 Å². The first kappa shape index (κ1) is 23.9. The smallest absolute Gasteiger partial charge is 0.322 e. The van der Waals surface area contributed by atoms with Crippen LogP contribution in [0, 0.1) is 5.82 Å². The average molecular weight is 465 g/mol. The van der Waals surface area contributed by atoms with E-state index in [1.807, 2.05) is 4.90 Å². The minimum Gasteiger partial charge on any atom is -0.389 e. The quantitative estimate of drug-likeness (QED) is 0.697. The van der Waals surface area contributed by atoms with E-state index < -0.39 is 12.2 Å². The number of carbonyl (C=O) groups excluding carboxylic acids is 2. The number of β-amino-alcohol motifs (C(OH)–C–C–N with tert-alkyl or cyclic N) is 1. The molecule has 3 aliphatic heterocycles. The summed E-state index contributed by atoms with van der Waals surface area (Å²) in [5, 5.41) is 13.0. The summed E-state index contributed by atoms with van der Waals surface area (Å²) in [6.45, 7) is 3.63. The van der Waals surface area contributed by atoms with Crippen LogP contribution in [0.25, 0.3) is 0 Å². The molecule has 4 atom stereocenters. The van der Waals surface area contributed by atoms with Gasteiger partial charge in [0.05, 0.1) is 44.4 Å². The molecular weight excluding hydrogens is 431 g/mol. The summed E-state index contributed by atoms with van der Waals surface area (Å²) in [4.78, 5) is 31.5. The Labute approximate surface area is 193 Å². The van der Waals surface area contributed by atoms with Crippen LogP contribution in [-0.2, 0) is 14.3 Å². The van der Waals surface area contributed by atoms with Crippen molar-refractivity contribution in [2.24, 2.45) is 0 Å². The van der Waals surface area contributed by atoms with E-state index in [2.05, 4.69) is 17.3 Å². The summed E-state index contributed by atoms with van der Waals surface area (Å²) in [5.41, 5.74) is 0.470. The molecule has 0 bridgehead atoms. The molecule has 1 aromatic carbocycles. The van der Waals surface area contributed by atoms with Crippen LogP contribution in [0.2, 0.25) is 0 Å². The van der Waals surface area contributed by atoms with E-state index >= 15 is 0 Å². The van der Waals surface area contributed by atoms with E-state index in [0.717, 1.165) is 26.2 Å². The fourth-order valence-corrected chi connectivity index (χ4v) is 4.68. The highest BCUT2D eigenvalue weighted by atomic mass is 19.1. The Balaban J connectivity index is 1.39. The molecular formula is C23H33FN4O5.